The van der Waals surface area contributed by atoms with Gasteiger partial charge in [0.25, 0.3) is 0 Å². The lowest BCUT2D eigenvalue weighted by molar-refractivity contribution is -0.870. The van der Waals surface area contributed by atoms with E-state index in [4.69, 9.17) is 9.05 Å². The minimum Gasteiger partial charge on any atom is -0.391 e. The number of phosphoric ester groups is 1. The highest BCUT2D eigenvalue weighted by atomic mass is 31.2. The molecule has 0 aromatic carbocycles. The maximum absolute atomic E-state index is 12.9. The van der Waals surface area contributed by atoms with Crippen LogP contribution in [-0.4, -0.2) is 73.4 Å². The van der Waals surface area contributed by atoms with Crippen LogP contribution in [-0.2, 0) is 18.4 Å². The Morgan fingerprint density at radius 3 is 1.41 bits per heavy atom. The molecule has 3 unspecified atom stereocenters. The highest BCUT2D eigenvalue weighted by Gasteiger charge is 2.28. The van der Waals surface area contributed by atoms with Gasteiger partial charge in [-0.3, -0.25) is 13.8 Å². The van der Waals surface area contributed by atoms with E-state index in [2.05, 4.69) is 55.6 Å². The van der Waals surface area contributed by atoms with E-state index in [-0.39, 0.29) is 19.1 Å². The van der Waals surface area contributed by atoms with Gasteiger partial charge in [0.2, 0.25) is 5.91 Å². The molecule has 348 valence electrons. The maximum atomic E-state index is 12.9. The van der Waals surface area contributed by atoms with Gasteiger partial charge in [0, 0.05) is 6.42 Å². The first-order valence-electron chi connectivity index (χ1n) is 24.9. The lowest BCUT2D eigenvalue weighted by Crippen LogP contribution is -2.46. The van der Waals surface area contributed by atoms with Gasteiger partial charge in [-0.05, 0) is 51.4 Å². The summed E-state index contributed by atoms with van der Waals surface area (Å²) in [5.41, 5.74) is 0. The molecule has 8 nitrogen and oxygen atoms in total. The number of aliphatic hydroxyl groups excluding tert-OH is 1. The van der Waals surface area contributed by atoms with Crippen LogP contribution in [0.15, 0.2) is 36.5 Å². The molecule has 0 saturated carbocycles. The molecule has 0 saturated heterocycles. The zero-order valence-corrected chi connectivity index (χ0v) is 40.4. The molecule has 1 amide bonds. The fourth-order valence-corrected chi connectivity index (χ4v) is 7.91. The number of carbonyl (C=O) groups is 1. The average Bonchev–Trinajstić information content (AvgIpc) is 3.19. The van der Waals surface area contributed by atoms with Crippen molar-refractivity contribution >= 4 is 13.7 Å². The van der Waals surface area contributed by atoms with Gasteiger partial charge in [-0.15, -0.1) is 0 Å². The number of allylic oxidation sites excluding steroid dienone is 6. The number of carbonyl (C=O) groups excluding carboxylic acids is 1. The van der Waals surface area contributed by atoms with Crippen LogP contribution in [0.5, 0.6) is 0 Å². The number of nitrogens with one attached hydrogen (secondary N) is 1. The van der Waals surface area contributed by atoms with Gasteiger partial charge in [-0.2, -0.15) is 0 Å². The monoisotopic (exact) mass is 854 g/mol. The molecule has 0 aromatic heterocycles. The quantitative estimate of drug-likeness (QED) is 0.0244. The van der Waals surface area contributed by atoms with E-state index in [9.17, 15) is 19.4 Å². The van der Waals surface area contributed by atoms with E-state index in [0.29, 0.717) is 23.9 Å². The van der Waals surface area contributed by atoms with Crippen molar-refractivity contribution < 1.29 is 32.9 Å². The third kappa shape index (κ3) is 44.6. The molecule has 0 fully saturated rings. The van der Waals surface area contributed by atoms with Gasteiger partial charge in [0.15, 0.2) is 0 Å². The van der Waals surface area contributed by atoms with E-state index in [1.165, 1.54) is 141 Å². The van der Waals surface area contributed by atoms with Gasteiger partial charge in [0.05, 0.1) is 39.9 Å². The molecular weight excluding hydrogens is 756 g/mol. The topological polar surface area (TPSA) is 105 Å². The number of hydrogen-bond acceptors (Lipinski definition) is 5. The Labute approximate surface area is 366 Å². The number of aliphatic hydroxyl groups is 1. The molecule has 0 aliphatic heterocycles. The van der Waals surface area contributed by atoms with Crippen molar-refractivity contribution in [3.8, 4) is 0 Å². The minimum absolute atomic E-state index is 0.0727. The molecule has 0 rings (SSSR count). The van der Waals surface area contributed by atoms with Crippen molar-refractivity contribution in [3.05, 3.63) is 36.5 Å². The second kappa shape index (κ2) is 42.0. The summed E-state index contributed by atoms with van der Waals surface area (Å²) < 4.78 is 23.7. The molecule has 3 atom stereocenters. The number of quaternary nitrogens is 1. The van der Waals surface area contributed by atoms with Crippen molar-refractivity contribution in [1.29, 1.82) is 0 Å². The minimum atomic E-state index is -4.32. The Balaban J connectivity index is 4.27. The highest BCUT2D eigenvalue weighted by molar-refractivity contribution is 7.47. The lowest BCUT2D eigenvalue weighted by atomic mass is 10.0. The van der Waals surface area contributed by atoms with E-state index < -0.39 is 20.0 Å². The number of amides is 1. The number of rotatable bonds is 45. The predicted octanol–water partition coefficient (Wildman–Crippen LogP) is 14.3. The van der Waals surface area contributed by atoms with E-state index in [0.717, 1.165) is 57.8 Å². The van der Waals surface area contributed by atoms with Crippen molar-refractivity contribution in [3.63, 3.8) is 0 Å². The van der Waals surface area contributed by atoms with Crippen LogP contribution in [0.3, 0.4) is 0 Å². The summed E-state index contributed by atoms with van der Waals surface area (Å²) in [7, 11) is 1.61. The Morgan fingerprint density at radius 2 is 0.966 bits per heavy atom. The number of phosphoric acid groups is 1. The third-order valence-corrected chi connectivity index (χ3v) is 12.1. The first-order valence-corrected chi connectivity index (χ1v) is 26.3. The summed E-state index contributed by atoms with van der Waals surface area (Å²) in [6.07, 6.45) is 51.7. The summed E-state index contributed by atoms with van der Waals surface area (Å²) in [6.45, 7) is 4.88. The summed E-state index contributed by atoms with van der Waals surface area (Å²) in [6, 6.07) is -0.764. The highest BCUT2D eigenvalue weighted by Crippen LogP contribution is 2.43. The zero-order chi connectivity index (χ0) is 43.6. The summed E-state index contributed by atoms with van der Waals surface area (Å²) in [5, 5.41) is 14.0. The summed E-state index contributed by atoms with van der Waals surface area (Å²) in [4.78, 5) is 23.2. The molecule has 0 bridgehead atoms. The SMILES string of the molecule is CCCCCCC/C=C\C/C=C\C/C=C\CCCCCCCCCCC(=O)NC(COP(=O)(O)OCC[N+](C)(C)C)C(O)CCCCCCCCCCCCCCCC. The van der Waals surface area contributed by atoms with Crippen LogP contribution in [0, 0.1) is 0 Å². The number of unbranched alkanes of at least 4 members (excludes halogenated alkanes) is 26. The molecule has 0 heterocycles. The number of nitrogens with zero attached hydrogens (tertiary/aromatic N) is 1. The molecule has 0 aromatic rings. The lowest BCUT2D eigenvalue weighted by Gasteiger charge is -2.26. The Hall–Kier alpha value is -1.28. The number of likely N-dealkylation sites (N-methyl/N-ethyl adjacent to an activating group) is 1. The molecule has 0 aliphatic carbocycles. The standard InChI is InChI=1S/C50H97N2O6P/c1-6-8-10-12-14-16-18-20-22-23-24-25-26-27-28-29-30-32-34-36-38-40-42-44-50(54)51-48(47-58-59(55,56)57-46-45-52(3,4)5)49(53)43-41-39-37-35-33-31-21-19-17-15-13-11-9-7-2/h18,20,23-24,26-27,48-49,53H,6-17,19,21-22,25,28-47H2,1-5H3,(H-,51,54,55,56)/p+1/b20-18-,24-23-,27-26-. The van der Waals surface area contributed by atoms with E-state index in [1.54, 1.807) is 0 Å². The number of hydrogen-bond donors (Lipinski definition) is 3. The predicted molar refractivity (Wildman–Crippen MR) is 254 cm³/mol. The molecule has 9 heteroatoms. The van der Waals surface area contributed by atoms with E-state index >= 15 is 0 Å². The van der Waals surface area contributed by atoms with Gasteiger partial charge in [-0.1, -0.05) is 204 Å². The van der Waals surface area contributed by atoms with Crippen molar-refractivity contribution in [2.24, 2.45) is 0 Å². The van der Waals surface area contributed by atoms with Crippen LogP contribution >= 0.6 is 7.82 Å². The normalized spacial score (nSPS) is 14.5. The molecule has 0 aliphatic rings. The van der Waals surface area contributed by atoms with Gasteiger partial charge < -0.3 is 19.8 Å². The smallest absolute Gasteiger partial charge is 0.391 e. The first-order chi connectivity index (χ1) is 28.5. The van der Waals surface area contributed by atoms with E-state index in [1.807, 2.05) is 21.1 Å². The zero-order valence-electron chi connectivity index (χ0n) is 39.5. The Kier molecular flexibility index (Phi) is 41.1. The fraction of sp³-hybridized carbons (Fsp3) is 0.860. The Morgan fingerprint density at radius 1 is 0.576 bits per heavy atom. The van der Waals surface area contributed by atoms with Crippen LogP contribution < -0.4 is 5.32 Å². The Bertz CT molecular complexity index is 1060. The maximum Gasteiger partial charge on any atom is 0.472 e. The molecule has 3 N–H and O–H groups in total. The molecular formula is C50H98N2O6P+. The summed E-state index contributed by atoms with van der Waals surface area (Å²) >= 11 is 0. The third-order valence-electron chi connectivity index (χ3n) is 11.1. The molecule has 0 spiro atoms. The molecule has 59 heavy (non-hydrogen) atoms. The van der Waals surface area contributed by atoms with Gasteiger partial charge in [-0.25, -0.2) is 4.57 Å². The largest absolute Gasteiger partial charge is 0.472 e. The van der Waals surface area contributed by atoms with Gasteiger partial charge >= 0.3 is 7.82 Å². The van der Waals surface area contributed by atoms with Crippen molar-refractivity contribution in [2.45, 2.75) is 238 Å². The van der Waals surface area contributed by atoms with Crippen LogP contribution in [0.25, 0.3) is 0 Å². The van der Waals surface area contributed by atoms with Crippen molar-refractivity contribution in [1.82, 2.24) is 5.32 Å². The second-order valence-corrected chi connectivity index (χ2v) is 19.6. The van der Waals surface area contributed by atoms with Crippen LogP contribution in [0.2, 0.25) is 0 Å². The average molecular weight is 854 g/mol. The first kappa shape index (κ1) is 57.7. The van der Waals surface area contributed by atoms with Crippen molar-refractivity contribution in [2.75, 3.05) is 40.9 Å². The van der Waals surface area contributed by atoms with Gasteiger partial charge in [0.1, 0.15) is 13.2 Å². The fourth-order valence-electron chi connectivity index (χ4n) is 7.17. The molecule has 0 radical (unpaired) electrons. The second-order valence-electron chi connectivity index (χ2n) is 18.2. The van der Waals surface area contributed by atoms with Crippen LogP contribution in [0.4, 0.5) is 0 Å². The summed E-state index contributed by atoms with van der Waals surface area (Å²) in [5.74, 6) is -0.152. The van der Waals surface area contributed by atoms with Crippen LogP contribution in [0.1, 0.15) is 226 Å².